The minimum atomic E-state index is -4.60. The number of benzene rings is 1. The topological polar surface area (TPSA) is 69.6 Å². The number of rotatable bonds is 3. The molecule has 7 heteroatoms. The summed E-state index contributed by atoms with van der Waals surface area (Å²) < 4.78 is 38.5. The van der Waals surface area contributed by atoms with E-state index >= 15 is 0 Å². The van der Waals surface area contributed by atoms with Crippen molar-refractivity contribution in [1.29, 1.82) is 0 Å². The van der Waals surface area contributed by atoms with Gasteiger partial charge in [-0.2, -0.15) is 13.2 Å². The smallest absolute Gasteiger partial charge is 0.396 e. The summed E-state index contributed by atoms with van der Waals surface area (Å²) in [5.74, 6) is -1.17. The van der Waals surface area contributed by atoms with Crippen molar-refractivity contribution in [2.24, 2.45) is 5.92 Å². The summed E-state index contributed by atoms with van der Waals surface area (Å²) in [5.41, 5.74) is -1.42. The van der Waals surface area contributed by atoms with E-state index in [1.165, 1.54) is 12.1 Å². The van der Waals surface area contributed by atoms with E-state index in [2.05, 4.69) is 5.32 Å². The Morgan fingerprint density at radius 1 is 1.29 bits per heavy atom. The second-order valence-corrected chi connectivity index (χ2v) is 5.20. The highest BCUT2D eigenvalue weighted by Gasteiger charge is 2.37. The van der Waals surface area contributed by atoms with Crippen LogP contribution in [0.4, 0.5) is 13.2 Å². The van der Waals surface area contributed by atoms with Gasteiger partial charge in [-0.25, -0.2) is 0 Å². The SMILES string of the molecule is O=C(N[C@H]1C[C@@H](CO)[C@@H](O)C1)c1ccccc1C(F)(F)F. The average molecular weight is 303 g/mol. The predicted octanol–water partition coefficient (Wildman–Crippen LogP) is 1.57. The molecule has 0 aliphatic heterocycles. The molecule has 1 aliphatic carbocycles. The third kappa shape index (κ3) is 3.54. The minimum absolute atomic E-state index is 0.216. The van der Waals surface area contributed by atoms with Crippen LogP contribution >= 0.6 is 0 Å². The maximum absolute atomic E-state index is 12.8. The number of hydrogen-bond donors (Lipinski definition) is 3. The molecule has 1 aliphatic rings. The number of aliphatic hydroxyl groups excluding tert-OH is 2. The second kappa shape index (κ2) is 6.03. The first-order valence-electron chi connectivity index (χ1n) is 6.59. The third-order valence-electron chi connectivity index (χ3n) is 3.70. The molecule has 1 saturated carbocycles. The van der Waals surface area contributed by atoms with Crippen LogP contribution < -0.4 is 5.32 Å². The van der Waals surface area contributed by atoms with Crippen molar-refractivity contribution in [3.63, 3.8) is 0 Å². The van der Waals surface area contributed by atoms with Crippen molar-refractivity contribution in [3.8, 4) is 0 Å². The molecule has 1 fully saturated rings. The van der Waals surface area contributed by atoms with Crippen molar-refractivity contribution in [2.75, 3.05) is 6.61 Å². The first-order chi connectivity index (χ1) is 9.82. The van der Waals surface area contributed by atoms with Crippen LogP contribution in [0.1, 0.15) is 28.8 Å². The van der Waals surface area contributed by atoms with Crippen molar-refractivity contribution in [2.45, 2.75) is 31.2 Å². The summed E-state index contributed by atoms with van der Waals surface area (Å²) in [4.78, 5) is 12.0. The molecule has 4 nitrogen and oxygen atoms in total. The van der Waals surface area contributed by atoms with E-state index in [-0.39, 0.29) is 18.9 Å². The van der Waals surface area contributed by atoms with Gasteiger partial charge in [0.1, 0.15) is 0 Å². The molecule has 116 valence electrons. The lowest BCUT2D eigenvalue weighted by molar-refractivity contribution is -0.137. The van der Waals surface area contributed by atoms with Gasteiger partial charge in [-0.3, -0.25) is 4.79 Å². The number of amides is 1. The standard InChI is InChI=1S/C14H16F3NO3/c15-14(16,17)11-4-2-1-3-10(11)13(21)18-9-5-8(7-19)12(20)6-9/h1-4,8-9,12,19-20H,5-7H2,(H,18,21)/t8-,9-,12-/m0/s1. The zero-order chi connectivity index (χ0) is 15.6. The Balaban J connectivity index is 2.12. The van der Waals surface area contributed by atoms with E-state index < -0.39 is 35.4 Å². The van der Waals surface area contributed by atoms with Gasteiger partial charge in [-0.15, -0.1) is 0 Å². The average Bonchev–Trinajstić information content (AvgIpc) is 2.77. The highest BCUT2D eigenvalue weighted by Crippen LogP contribution is 2.32. The van der Waals surface area contributed by atoms with Crippen LogP contribution in [-0.4, -0.2) is 34.9 Å². The molecule has 0 unspecified atom stereocenters. The van der Waals surface area contributed by atoms with Crippen molar-refractivity contribution in [3.05, 3.63) is 35.4 Å². The molecule has 1 amide bonds. The Morgan fingerprint density at radius 3 is 2.52 bits per heavy atom. The van der Waals surface area contributed by atoms with Gasteiger partial charge in [0.15, 0.2) is 0 Å². The highest BCUT2D eigenvalue weighted by atomic mass is 19.4. The maximum atomic E-state index is 12.8. The Morgan fingerprint density at radius 2 is 1.95 bits per heavy atom. The molecule has 0 spiro atoms. The molecule has 0 radical (unpaired) electrons. The summed E-state index contributed by atoms with van der Waals surface area (Å²) in [6.07, 6.45) is -4.78. The fourth-order valence-electron chi connectivity index (χ4n) is 2.61. The molecule has 21 heavy (non-hydrogen) atoms. The first kappa shape index (κ1) is 15.8. The van der Waals surface area contributed by atoms with Gasteiger partial charge in [0.05, 0.1) is 17.2 Å². The van der Waals surface area contributed by atoms with Gasteiger partial charge in [0, 0.05) is 18.6 Å². The molecule has 3 N–H and O–H groups in total. The Bertz CT molecular complexity index is 518. The van der Waals surface area contributed by atoms with Gasteiger partial charge >= 0.3 is 6.18 Å². The molecule has 2 rings (SSSR count). The number of nitrogens with one attached hydrogen (secondary N) is 1. The lowest BCUT2D eigenvalue weighted by atomic mass is 10.1. The largest absolute Gasteiger partial charge is 0.417 e. The van der Waals surface area contributed by atoms with Gasteiger partial charge < -0.3 is 15.5 Å². The molecule has 1 aromatic carbocycles. The zero-order valence-corrected chi connectivity index (χ0v) is 11.1. The Hall–Kier alpha value is -1.60. The van der Waals surface area contributed by atoms with Crippen LogP contribution in [0.5, 0.6) is 0 Å². The minimum Gasteiger partial charge on any atom is -0.396 e. The highest BCUT2D eigenvalue weighted by molar-refractivity contribution is 5.96. The number of halogens is 3. The van der Waals surface area contributed by atoms with E-state index in [0.717, 1.165) is 12.1 Å². The van der Waals surface area contributed by atoms with Crippen LogP contribution in [0, 0.1) is 5.92 Å². The number of aliphatic hydroxyl groups is 2. The summed E-state index contributed by atoms with van der Waals surface area (Å²) in [6.45, 7) is -0.216. The zero-order valence-electron chi connectivity index (χ0n) is 11.1. The summed E-state index contributed by atoms with van der Waals surface area (Å²) in [5, 5.41) is 21.2. The first-order valence-corrected chi connectivity index (χ1v) is 6.59. The van der Waals surface area contributed by atoms with E-state index in [1.54, 1.807) is 0 Å². The molecule has 0 heterocycles. The van der Waals surface area contributed by atoms with E-state index in [1.807, 2.05) is 0 Å². The lowest BCUT2D eigenvalue weighted by Crippen LogP contribution is -2.34. The fourth-order valence-corrected chi connectivity index (χ4v) is 2.61. The second-order valence-electron chi connectivity index (χ2n) is 5.20. The van der Waals surface area contributed by atoms with E-state index in [4.69, 9.17) is 5.11 Å². The molecule has 0 bridgehead atoms. The molecule has 3 atom stereocenters. The van der Waals surface area contributed by atoms with Crippen LogP contribution in [0.3, 0.4) is 0 Å². The lowest BCUT2D eigenvalue weighted by Gasteiger charge is -2.16. The number of carbonyl (C=O) groups is 1. The molecular weight excluding hydrogens is 287 g/mol. The van der Waals surface area contributed by atoms with E-state index in [0.29, 0.717) is 6.42 Å². The molecule has 0 aromatic heterocycles. The maximum Gasteiger partial charge on any atom is 0.417 e. The van der Waals surface area contributed by atoms with Gasteiger partial charge in [-0.05, 0) is 25.0 Å². The van der Waals surface area contributed by atoms with Crippen LogP contribution in [0.25, 0.3) is 0 Å². The number of carbonyl (C=O) groups excluding carboxylic acids is 1. The summed E-state index contributed by atoms with van der Waals surface area (Å²) in [6, 6.07) is 4.12. The monoisotopic (exact) mass is 303 g/mol. The quantitative estimate of drug-likeness (QED) is 0.794. The van der Waals surface area contributed by atoms with E-state index in [9.17, 15) is 23.1 Å². The molecular formula is C14H16F3NO3. The summed E-state index contributed by atoms with van der Waals surface area (Å²) in [7, 11) is 0. The van der Waals surface area contributed by atoms with Crippen LogP contribution in [0.2, 0.25) is 0 Å². The van der Waals surface area contributed by atoms with Gasteiger partial charge in [0.2, 0.25) is 0 Å². The molecule has 1 aromatic rings. The van der Waals surface area contributed by atoms with Crippen molar-refractivity contribution < 1.29 is 28.2 Å². The van der Waals surface area contributed by atoms with Gasteiger partial charge in [-0.1, -0.05) is 12.1 Å². The fraction of sp³-hybridized carbons (Fsp3) is 0.500. The molecule has 0 saturated heterocycles. The van der Waals surface area contributed by atoms with Crippen LogP contribution in [-0.2, 0) is 6.18 Å². The Kier molecular flexibility index (Phi) is 4.53. The van der Waals surface area contributed by atoms with Crippen molar-refractivity contribution in [1.82, 2.24) is 5.32 Å². The number of alkyl halides is 3. The van der Waals surface area contributed by atoms with Gasteiger partial charge in [0.25, 0.3) is 5.91 Å². The normalized spacial score (nSPS) is 25.9. The van der Waals surface area contributed by atoms with Crippen molar-refractivity contribution >= 4 is 5.91 Å². The number of hydrogen-bond acceptors (Lipinski definition) is 3. The van der Waals surface area contributed by atoms with Crippen LogP contribution in [0.15, 0.2) is 24.3 Å². The third-order valence-corrected chi connectivity index (χ3v) is 3.70. The predicted molar refractivity (Wildman–Crippen MR) is 68.5 cm³/mol. The Labute approximate surface area is 119 Å². The summed E-state index contributed by atoms with van der Waals surface area (Å²) >= 11 is 0.